The zero-order chi connectivity index (χ0) is 12.0. The molecule has 2 fully saturated rings. The maximum Gasteiger partial charge on any atom is 0.487 e. The van der Waals surface area contributed by atoms with Crippen molar-refractivity contribution in [2.45, 2.75) is 65.1 Å². The van der Waals surface area contributed by atoms with Gasteiger partial charge in [0, 0.05) is 0 Å². The second-order valence-corrected chi connectivity index (χ2v) is 6.30. The van der Waals surface area contributed by atoms with Gasteiger partial charge in [0.15, 0.2) is 0 Å². The summed E-state index contributed by atoms with van der Waals surface area (Å²) < 4.78 is 11.9. The molecule has 1 aliphatic carbocycles. The summed E-state index contributed by atoms with van der Waals surface area (Å²) in [5, 5.41) is 0. The van der Waals surface area contributed by atoms with Crippen LogP contribution in [0.15, 0.2) is 11.5 Å². The maximum atomic E-state index is 5.96. The minimum absolute atomic E-state index is 0.148. The molecule has 0 N–H and O–H groups in total. The lowest BCUT2D eigenvalue weighted by Gasteiger charge is -2.32. The van der Waals surface area contributed by atoms with Gasteiger partial charge in [0.05, 0.1) is 11.2 Å². The predicted octanol–water partition coefficient (Wildman–Crippen LogP) is 3.36. The first-order valence-corrected chi connectivity index (χ1v) is 6.35. The highest BCUT2D eigenvalue weighted by Gasteiger charge is 2.50. The Morgan fingerprint density at radius 2 is 1.75 bits per heavy atom. The molecule has 0 amide bonds. The van der Waals surface area contributed by atoms with E-state index in [0.29, 0.717) is 0 Å². The first-order valence-electron chi connectivity index (χ1n) is 6.35. The van der Waals surface area contributed by atoms with E-state index in [2.05, 4.69) is 40.6 Å². The van der Waals surface area contributed by atoms with Gasteiger partial charge >= 0.3 is 7.12 Å². The van der Waals surface area contributed by atoms with Crippen molar-refractivity contribution >= 4 is 7.12 Å². The summed E-state index contributed by atoms with van der Waals surface area (Å²) >= 11 is 0. The standard InChI is InChI=1S/C13H23BO2/c1-10-6-7-11(8-10)9-14-15-12(2,3)13(4,5)16-14/h9-10H,6-8H2,1-5H3/b11-9+. The van der Waals surface area contributed by atoms with E-state index in [0.717, 1.165) is 5.92 Å². The topological polar surface area (TPSA) is 18.5 Å². The zero-order valence-electron chi connectivity index (χ0n) is 11.2. The van der Waals surface area contributed by atoms with Gasteiger partial charge in [0.1, 0.15) is 0 Å². The second-order valence-electron chi connectivity index (χ2n) is 6.30. The van der Waals surface area contributed by atoms with Crippen LogP contribution in [0.25, 0.3) is 0 Å². The van der Waals surface area contributed by atoms with E-state index >= 15 is 0 Å². The molecule has 2 rings (SSSR count). The third-order valence-corrected chi connectivity index (χ3v) is 4.21. The number of rotatable bonds is 1. The van der Waals surface area contributed by atoms with Gasteiger partial charge in [-0.3, -0.25) is 0 Å². The number of allylic oxidation sites excluding steroid dienone is 1. The highest BCUT2D eigenvalue weighted by molar-refractivity contribution is 6.51. The molecule has 0 aromatic rings. The van der Waals surface area contributed by atoms with Crippen LogP contribution in [0.5, 0.6) is 0 Å². The highest BCUT2D eigenvalue weighted by Crippen LogP contribution is 2.38. The summed E-state index contributed by atoms with van der Waals surface area (Å²) in [6.07, 6.45) is 3.74. The summed E-state index contributed by atoms with van der Waals surface area (Å²) in [5.74, 6) is 3.02. The average molecular weight is 222 g/mol. The van der Waals surface area contributed by atoms with E-state index in [9.17, 15) is 0 Å². The van der Waals surface area contributed by atoms with Gasteiger partial charge in [-0.05, 0) is 52.9 Å². The fourth-order valence-corrected chi connectivity index (χ4v) is 2.38. The summed E-state index contributed by atoms with van der Waals surface area (Å²) in [6, 6.07) is 0. The molecule has 0 radical (unpaired) electrons. The Balaban J connectivity index is 2.04. The first-order chi connectivity index (χ1) is 7.30. The molecule has 0 spiro atoms. The molecule has 3 heteroatoms. The van der Waals surface area contributed by atoms with Gasteiger partial charge in [0.2, 0.25) is 0 Å². The Morgan fingerprint density at radius 1 is 1.19 bits per heavy atom. The van der Waals surface area contributed by atoms with Crippen LogP contribution in [0.1, 0.15) is 53.9 Å². The Labute approximate surface area is 99.5 Å². The lowest BCUT2D eigenvalue weighted by atomic mass is 9.86. The molecule has 1 aliphatic heterocycles. The molecule has 0 aromatic carbocycles. The molecule has 1 atom stereocenters. The quantitative estimate of drug-likeness (QED) is 0.633. The lowest BCUT2D eigenvalue weighted by Crippen LogP contribution is -2.41. The largest absolute Gasteiger partial charge is 0.487 e. The van der Waals surface area contributed by atoms with Crippen LogP contribution >= 0.6 is 0 Å². The summed E-state index contributed by atoms with van der Waals surface area (Å²) in [7, 11) is -0.148. The SMILES string of the molecule is CC1CC/C(=C\B2OC(C)(C)C(C)(C)O2)C1. The first kappa shape index (κ1) is 12.2. The van der Waals surface area contributed by atoms with Crippen LogP contribution in [0.2, 0.25) is 0 Å². The number of hydrogen-bond acceptors (Lipinski definition) is 2. The molecule has 2 aliphatic rings. The van der Waals surface area contributed by atoms with E-state index in [4.69, 9.17) is 9.31 Å². The van der Waals surface area contributed by atoms with Gasteiger partial charge in [-0.2, -0.15) is 0 Å². The molecule has 16 heavy (non-hydrogen) atoms. The number of hydrogen-bond donors (Lipinski definition) is 0. The van der Waals surface area contributed by atoms with E-state index in [1.54, 1.807) is 0 Å². The van der Waals surface area contributed by atoms with Crippen LogP contribution in [-0.2, 0) is 9.31 Å². The monoisotopic (exact) mass is 222 g/mol. The van der Waals surface area contributed by atoms with Crippen LogP contribution < -0.4 is 0 Å². The molecule has 0 bridgehead atoms. The molecule has 2 nitrogen and oxygen atoms in total. The Bertz CT molecular complexity index is 291. The third kappa shape index (κ3) is 2.21. The Morgan fingerprint density at radius 3 is 2.19 bits per heavy atom. The Kier molecular flexibility index (Phi) is 2.96. The highest BCUT2D eigenvalue weighted by atomic mass is 16.7. The minimum Gasteiger partial charge on any atom is -0.400 e. The van der Waals surface area contributed by atoms with Crippen LogP contribution in [0.4, 0.5) is 0 Å². The smallest absolute Gasteiger partial charge is 0.400 e. The fourth-order valence-electron chi connectivity index (χ4n) is 2.38. The molecule has 1 saturated carbocycles. The van der Waals surface area contributed by atoms with E-state index in [-0.39, 0.29) is 18.3 Å². The third-order valence-electron chi connectivity index (χ3n) is 4.21. The van der Waals surface area contributed by atoms with Crippen molar-refractivity contribution in [1.29, 1.82) is 0 Å². The van der Waals surface area contributed by atoms with Crippen molar-refractivity contribution in [3.63, 3.8) is 0 Å². The van der Waals surface area contributed by atoms with Crippen molar-refractivity contribution in [1.82, 2.24) is 0 Å². The molecule has 0 aromatic heterocycles. The maximum absolute atomic E-state index is 5.96. The lowest BCUT2D eigenvalue weighted by molar-refractivity contribution is 0.00578. The van der Waals surface area contributed by atoms with Gasteiger partial charge < -0.3 is 9.31 Å². The fraction of sp³-hybridized carbons (Fsp3) is 0.846. The van der Waals surface area contributed by atoms with Crippen molar-refractivity contribution in [2.24, 2.45) is 5.92 Å². The van der Waals surface area contributed by atoms with Crippen LogP contribution in [-0.4, -0.2) is 18.3 Å². The van der Waals surface area contributed by atoms with Gasteiger partial charge in [0.25, 0.3) is 0 Å². The van der Waals surface area contributed by atoms with Gasteiger partial charge in [-0.25, -0.2) is 0 Å². The van der Waals surface area contributed by atoms with E-state index in [1.165, 1.54) is 24.8 Å². The van der Waals surface area contributed by atoms with Crippen LogP contribution in [0, 0.1) is 5.92 Å². The molecule has 1 saturated heterocycles. The summed E-state index contributed by atoms with van der Waals surface area (Å²) in [6.45, 7) is 10.7. The van der Waals surface area contributed by atoms with Gasteiger partial charge in [-0.1, -0.05) is 18.5 Å². The van der Waals surface area contributed by atoms with Crippen molar-refractivity contribution in [3.8, 4) is 0 Å². The van der Waals surface area contributed by atoms with Crippen molar-refractivity contribution < 1.29 is 9.31 Å². The van der Waals surface area contributed by atoms with E-state index < -0.39 is 0 Å². The molecule has 90 valence electrons. The summed E-state index contributed by atoms with van der Waals surface area (Å²) in [5.41, 5.74) is 1.09. The molecule has 1 heterocycles. The van der Waals surface area contributed by atoms with Gasteiger partial charge in [-0.15, -0.1) is 0 Å². The minimum atomic E-state index is -0.209. The summed E-state index contributed by atoms with van der Waals surface area (Å²) in [4.78, 5) is 0. The van der Waals surface area contributed by atoms with Crippen molar-refractivity contribution in [3.05, 3.63) is 11.5 Å². The zero-order valence-corrected chi connectivity index (χ0v) is 11.2. The Hall–Kier alpha value is -0.275. The van der Waals surface area contributed by atoms with Crippen LogP contribution in [0.3, 0.4) is 0 Å². The molecule has 1 unspecified atom stereocenters. The second kappa shape index (κ2) is 3.88. The molecular formula is C13H23BO2. The average Bonchev–Trinajstić information content (AvgIpc) is 2.56. The van der Waals surface area contributed by atoms with Crippen molar-refractivity contribution in [2.75, 3.05) is 0 Å². The van der Waals surface area contributed by atoms with E-state index in [1.807, 2.05) is 0 Å². The molecular weight excluding hydrogens is 199 g/mol. The predicted molar refractivity (Wildman–Crippen MR) is 67.2 cm³/mol. The normalized spacial score (nSPS) is 34.9.